The summed E-state index contributed by atoms with van der Waals surface area (Å²) < 4.78 is 6.48. The van der Waals surface area contributed by atoms with Gasteiger partial charge < -0.3 is 30.5 Å². The number of nitrogens with one attached hydrogen (secondary N) is 2. The molecule has 2 atom stereocenters. The number of β-lactam (4-membered cyclic amide) rings is 1. The number of fused-ring (bicyclic) bond motifs is 1. The van der Waals surface area contributed by atoms with E-state index in [-0.39, 0.29) is 39.6 Å². The van der Waals surface area contributed by atoms with E-state index in [9.17, 15) is 33.9 Å². The zero-order valence-electron chi connectivity index (χ0n) is 19.7. The Morgan fingerprint density at radius 3 is 2.85 bits per heavy atom. The maximum absolute atomic E-state index is 12.9. The molecule has 2 aliphatic heterocycles. The summed E-state index contributed by atoms with van der Waals surface area (Å²) in [4.78, 5) is 81.6. The summed E-state index contributed by atoms with van der Waals surface area (Å²) in [5, 5.41) is 24.6. The zero-order valence-corrected chi connectivity index (χ0v) is 21.4. The minimum absolute atomic E-state index is 0.0340. The maximum Gasteiger partial charge on any atom is 0.353 e. The molecular weight excluding hydrogens is 560 g/mol. The number of carbonyl (C=O) groups is 4. The first-order valence-electron chi connectivity index (χ1n) is 10.7. The van der Waals surface area contributed by atoms with Crippen molar-refractivity contribution < 1.29 is 33.9 Å². The van der Waals surface area contributed by atoms with Gasteiger partial charge in [-0.1, -0.05) is 16.9 Å². The number of nitrogen functional groups attached to an aromatic ring is 1. The minimum Gasteiger partial charge on any atom is -0.477 e. The Morgan fingerprint density at radius 1 is 1.44 bits per heavy atom. The van der Waals surface area contributed by atoms with Crippen molar-refractivity contribution in [2.75, 3.05) is 19.5 Å². The van der Waals surface area contributed by atoms with Gasteiger partial charge in [0.25, 0.3) is 11.8 Å². The SMILES string of the molecule is CO/N=C(\C(=O)NC1C(=O)N2C(C(=O)O)=C(/C=C/Sc3n[nH]c(=O)c(=O)n3CC=O)COC12)c1csc(N)n1. The molecule has 4 heterocycles. The number of H-pyrrole nitrogens is 1. The lowest BCUT2D eigenvalue weighted by atomic mass is 9.98. The number of aliphatic carboxylic acids is 1. The number of hydrogen-bond donors (Lipinski definition) is 4. The third kappa shape index (κ3) is 5.35. The average molecular weight is 579 g/mol. The highest BCUT2D eigenvalue weighted by molar-refractivity contribution is 8.02. The second-order valence-electron chi connectivity index (χ2n) is 7.57. The maximum atomic E-state index is 12.9. The number of thiazole rings is 1. The van der Waals surface area contributed by atoms with Gasteiger partial charge in [0.2, 0.25) is 0 Å². The molecule has 0 saturated carbocycles. The van der Waals surface area contributed by atoms with E-state index < -0.39 is 47.7 Å². The molecule has 19 heteroatoms. The fourth-order valence-electron chi connectivity index (χ4n) is 3.59. The first kappa shape index (κ1) is 27.4. The number of carbonyl (C=O) groups excluding carboxylic acids is 3. The van der Waals surface area contributed by atoms with Gasteiger partial charge in [0.05, 0.1) is 13.2 Å². The van der Waals surface area contributed by atoms with Crippen molar-refractivity contribution in [3.63, 3.8) is 0 Å². The minimum atomic E-state index is -1.43. The van der Waals surface area contributed by atoms with E-state index >= 15 is 0 Å². The van der Waals surface area contributed by atoms with Crippen LogP contribution in [0.1, 0.15) is 5.69 Å². The van der Waals surface area contributed by atoms with Crippen LogP contribution in [0, 0.1) is 0 Å². The number of anilines is 1. The number of rotatable bonds is 10. The fourth-order valence-corrected chi connectivity index (χ4v) is 4.88. The van der Waals surface area contributed by atoms with Gasteiger partial charge in [0.15, 0.2) is 28.3 Å². The molecule has 0 aliphatic carbocycles. The van der Waals surface area contributed by atoms with E-state index in [1.54, 1.807) is 0 Å². The number of hydrogen-bond acceptors (Lipinski definition) is 14. The predicted octanol–water partition coefficient (Wildman–Crippen LogP) is -2.15. The largest absolute Gasteiger partial charge is 0.477 e. The molecule has 17 nitrogen and oxygen atoms in total. The lowest BCUT2D eigenvalue weighted by molar-refractivity contribution is -0.184. The number of ether oxygens (including phenoxy) is 1. The summed E-state index contributed by atoms with van der Waals surface area (Å²) in [6, 6.07) is -1.21. The lowest BCUT2D eigenvalue weighted by Crippen LogP contribution is -2.73. The van der Waals surface area contributed by atoms with Crippen molar-refractivity contribution in [2.45, 2.75) is 24.0 Å². The Hall–Kier alpha value is -4.62. The van der Waals surface area contributed by atoms with Gasteiger partial charge >= 0.3 is 17.1 Å². The highest BCUT2D eigenvalue weighted by atomic mass is 32.2. The third-order valence-corrected chi connectivity index (χ3v) is 6.74. The first-order valence-corrected chi connectivity index (χ1v) is 12.4. The molecule has 0 bridgehead atoms. The Labute approximate surface area is 225 Å². The molecule has 0 spiro atoms. The molecule has 2 aromatic heterocycles. The van der Waals surface area contributed by atoms with Crippen molar-refractivity contribution in [3.05, 3.63) is 54.5 Å². The van der Waals surface area contributed by atoms with Crippen molar-refractivity contribution in [3.8, 4) is 0 Å². The molecule has 1 saturated heterocycles. The molecule has 2 aliphatic rings. The first-order chi connectivity index (χ1) is 18.7. The number of carboxylic acid groups (broad SMARTS) is 1. The molecule has 2 amide bonds. The third-order valence-electron chi connectivity index (χ3n) is 5.27. The standard InChI is InChI=1S/C20H18N8O9S2/c1-36-26-10(9-7-39-19(21)22-9)13(30)23-11-15(32)28-12(18(34)35)8(6-37-17(11)28)2-5-38-20-25-24-14(31)16(33)27(20)3-4-29/h2,4-5,7,11,17H,3,6H2,1H3,(H2,21,22)(H,23,30)(H,24,31)(H,34,35)/b5-2+,26-10-. The Morgan fingerprint density at radius 2 is 2.21 bits per heavy atom. The van der Waals surface area contributed by atoms with Gasteiger partial charge in [0.1, 0.15) is 24.8 Å². The van der Waals surface area contributed by atoms with E-state index in [2.05, 4.69) is 20.6 Å². The Bertz CT molecular complexity index is 1560. The van der Waals surface area contributed by atoms with Crippen LogP contribution in [0.4, 0.5) is 5.13 Å². The normalized spacial score (nSPS) is 19.1. The fraction of sp³-hybridized carbons (Fsp3) is 0.250. The van der Waals surface area contributed by atoms with Gasteiger partial charge in [-0.25, -0.2) is 14.9 Å². The second kappa shape index (κ2) is 11.4. The quantitative estimate of drug-likeness (QED) is 0.0587. The van der Waals surface area contributed by atoms with Crippen LogP contribution in [0.3, 0.4) is 0 Å². The molecule has 1 fully saturated rings. The van der Waals surface area contributed by atoms with Gasteiger partial charge in [-0.3, -0.25) is 28.6 Å². The van der Waals surface area contributed by atoms with E-state index in [4.69, 9.17) is 15.3 Å². The van der Waals surface area contributed by atoms with Crippen molar-refractivity contribution in [1.29, 1.82) is 0 Å². The Kier molecular flexibility index (Phi) is 8.02. The van der Waals surface area contributed by atoms with Crippen molar-refractivity contribution in [1.82, 2.24) is 30.0 Å². The molecule has 2 aromatic rings. The van der Waals surface area contributed by atoms with Crippen molar-refractivity contribution in [2.24, 2.45) is 5.16 Å². The molecule has 0 aromatic carbocycles. The van der Waals surface area contributed by atoms with Crippen LogP contribution in [0.5, 0.6) is 0 Å². The summed E-state index contributed by atoms with van der Waals surface area (Å²) in [7, 11) is 1.22. The second-order valence-corrected chi connectivity index (χ2v) is 9.33. The van der Waals surface area contributed by atoms with Gasteiger partial charge in [-0.15, -0.1) is 16.4 Å². The average Bonchev–Trinajstić information content (AvgIpc) is 3.34. The number of nitrogens with two attached hydrogens (primary N) is 1. The lowest BCUT2D eigenvalue weighted by Gasteiger charge is -2.49. The van der Waals surface area contributed by atoms with Crippen LogP contribution >= 0.6 is 23.1 Å². The smallest absolute Gasteiger partial charge is 0.353 e. The summed E-state index contributed by atoms with van der Waals surface area (Å²) in [5.74, 6) is -2.99. The van der Waals surface area contributed by atoms with Crippen LogP contribution in [0.2, 0.25) is 0 Å². The predicted molar refractivity (Wildman–Crippen MR) is 133 cm³/mol. The molecule has 0 radical (unpaired) electrons. The zero-order chi connectivity index (χ0) is 28.3. The summed E-state index contributed by atoms with van der Waals surface area (Å²) in [6.07, 6.45) is 0.625. The molecule has 4 rings (SSSR count). The number of aromatic amines is 1. The van der Waals surface area contributed by atoms with E-state index in [1.165, 1.54) is 24.0 Å². The number of oxime groups is 1. The highest BCUT2D eigenvalue weighted by Crippen LogP contribution is 2.34. The van der Waals surface area contributed by atoms with E-state index in [1.807, 2.05) is 5.10 Å². The van der Waals surface area contributed by atoms with E-state index in [0.29, 0.717) is 6.29 Å². The number of carboxylic acids is 1. The molecule has 5 N–H and O–H groups in total. The van der Waals surface area contributed by atoms with Crippen LogP contribution in [0.25, 0.3) is 0 Å². The summed E-state index contributed by atoms with van der Waals surface area (Å²) in [6.45, 7) is -0.664. The van der Waals surface area contributed by atoms with E-state index in [0.717, 1.165) is 32.6 Å². The van der Waals surface area contributed by atoms with Gasteiger partial charge in [-0.2, -0.15) is 0 Å². The topological polar surface area (TPSA) is 241 Å². The van der Waals surface area contributed by atoms with Crippen LogP contribution in [-0.4, -0.2) is 85.5 Å². The monoisotopic (exact) mass is 578 g/mol. The molecule has 2 unspecified atom stereocenters. The summed E-state index contributed by atoms with van der Waals surface area (Å²) in [5.41, 5.74) is 3.20. The number of amides is 2. The van der Waals surface area contributed by atoms with Gasteiger partial charge in [-0.05, 0) is 11.5 Å². The molecule has 39 heavy (non-hydrogen) atoms. The van der Waals surface area contributed by atoms with Gasteiger partial charge in [0, 0.05) is 11.0 Å². The van der Waals surface area contributed by atoms with Crippen molar-refractivity contribution >= 4 is 58.0 Å². The highest BCUT2D eigenvalue weighted by Gasteiger charge is 2.55. The summed E-state index contributed by atoms with van der Waals surface area (Å²) >= 11 is 1.88. The Balaban J connectivity index is 1.52. The number of nitrogens with zero attached hydrogens (tertiary/aromatic N) is 5. The number of aromatic nitrogens is 4. The number of thioether (sulfide) groups is 1. The van der Waals surface area contributed by atoms with Crippen LogP contribution in [0.15, 0.2) is 48.0 Å². The van der Waals surface area contributed by atoms with Crippen LogP contribution in [-0.2, 0) is 35.3 Å². The molecule has 204 valence electrons. The van der Waals surface area contributed by atoms with Crippen LogP contribution < -0.4 is 22.2 Å². The number of aldehydes is 1. The molecular formula is C20H18N8O9S2.